The Morgan fingerprint density at radius 1 is 1.22 bits per heavy atom. The summed E-state index contributed by atoms with van der Waals surface area (Å²) in [5.74, 6) is 1.20. The van der Waals surface area contributed by atoms with E-state index in [0.717, 1.165) is 42.8 Å². The second-order valence-electron chi connectivity index (χ2n) is 7.72. The third kappa shape index (κ3) is 2.68. The van der Waals surface area contributed by atoms with Crippen molar-refractivity contribution >= 4 is 28.3 Å². The van der Waals surface area contributed by atoms with Crippen LogP contribution < -0.4 is 5.32 Å². The van der Waals surface area contributed by atoms with Gasteiger partial charge in [-0.3, -0.25) is 4.79 Å². The molecule has 0 spiro atoms. The van der Waals surface area contributed by atoms with Crippen LogP contribution in [0, 0.1) is 32.6 Å². The fourth-order valence-electron chi connectivity index (χ4n) is 4.48. The molecule has 0 radical (unpaired) electrons. The Balaban J connectivity index is 1.61. The van der Waals surface area contributed by atoms with Crippen LogP contribution in [-0.2, 0) is 0 Å². The molecule has 6 nitrogen and oxygen atoms in total. The van der Waals surface area contributed by atoms with Crippen molar-refractivity contribution in [2.24, 2.45) is 11.8 Å². The number of aryl methyl sites for hydroxylation is 3. The molecule has 2 saturated heterocycles. The minimum atomic E-state index is 0.0638. The Morgan fingerprint density at radius 3 is 2.63 bits per heavy atom. The Bertz CT molecular complexity index is 1040. The van der Waals surface area contributed by atoms with E-state index in [9.17, 15) is 4.79 Å². The molecule has 0 aliphatic carbocycles. The lowest BCUT2D eigenvalue weighted by Gasteiger charge is -2.18. The molecule has 0 unspecified atom stereocenters. The van der Waals surface area contributed by atoms with Crippen molar-refractivity contribution in [3.8, 4) is 11.3 Å². The maximum Gasteiger partial charge on any atom is 0.259 e. The Hall–Kier alpha value is -2.25. The van der Waals surface area contributed by atoms with Crippen LogP contribution in [0.1, 0.15) is 25.8 Å². The van der Waals surface area contributed by atoms with E-state index in [-0.39, 0.29) is 5.91 Å². The average molecular weight is 382 g/mol. The molecule has 2 aliphatic rings. The zero-order valence-corrected chi connectivity index (χ0v) is 16.5. The zero-order valence-electron chi connectivity index (χ0n) is 15.7. The first-order valence-electron chi connectivity index (χ1n) is 9.35. The molecule has 2 atom stereocenters. The molecule has 0 saturated carbocycles. The SMILES string of the molecule is Cc1cc(-c2cc(C(=O)N3C[C@H]4CNC[C@H]4C3)c3c(C)noc3n2)c(C)s1. The van der Waals surface area contributed by atoms with Crippen LogP contribution in [0.15, 0.2) is 16.7 Å². The van der Waals surface area contributed by atoms with E-state index < -0.39 is 0 Å². The van der Waals surface area contributed by atoms with Gasteiger partial charge in [0.15, 0.2) is 0 Å². The summed E-state index contributed by atoms with van der Waals surface area (Å²) in [6, 6.07) is 4.05. The van der Waals surface area contributed by atoms with Crippen molar-refractivity contribution in [3.05, 3.63) is 33.1 Å². The third-order valence-corrected chi connectivity index (χ3v) is 6.81. The van der Waals surface area contributed by atoms with E-state index in [2.05, 4.69) is 35.4 Å². The van der Waals surface area contributed by atoms with Crippen LogP contribution in [0.4, 0.5) is 0 Å². The number of amides is 1. The van der Waals surface area contributed by atoms with Gasteiger partial charge >= 0.3 is 0 Å². The number of carbonyl (C=O) groups is 1. The van der Waals surface area contributed by atoms with E-state index in [1.807, 2.05) is 17.9 Å². The average Bonchev–Trinajstić information content (AvgIpc) is 3.38. The van der Waals surface area contributed by atoms with Crippen molar-refractivity contribution in [1.82, 2.24) is 20.4 Å². The third-order valence-electron chi connectivity index (χ3n) is 5.84. The van der Waals surface area contributed by atoms with E-state index in [4.69, 9.17) is 4.52 Å². The minimum absolute atomic E-state index is 0.0638. The van der Waals surface area contributed by atoms with E-state index in [1.54, 1.807) is 11.3 Å². The lowest BCUT2D eigenvalue weighted by molar-refractivity contribution is 0.0783. The largest absolute Gasteiger partial charge is 0.338 e. The van der Waals surface area contributed by atoms with E-state index in [0.29, 0.717) is 28.8 Å². The molecule has 140 valence electrons. The molecular weight excluding hydrogens is 360 g/mol. The summed E-state index contributed by atoms with van der Waals surface area (Å²) in [5.41, 5.74) is 3.66. The highest BCUT2D eigenvalue weighted by Gasteiger charge is 2.39. The van der Waals surface area contributed by atoms with Gasteiger partial charge in [0.2, 0.25) is 0 Å². The monoisotopic (exact) mass is 382 g/mol. The first-order chi connectivity index (χ1) is 13.0. The number of rotatable bonds is 2. The highest BCUT2D eigenvalue weighted by atomic mass is 32.1. The van der Waals surface area contributed by atoms with Gasteiger partial charge in [0.05, 0.1) is 22.3 Å². The molecule has 2 fully saturated rings. The van der Waals surface area contributed by atoms with Crippen LogP contribution in [0.3, 0.4) is 0 Å². The van der Waals surface area contributed by atoms with Gasteiger partial charge in [-0.2, -0.15) is 0 Å². The van der Waals surface area contributed by atoms with Crippen LogP contribution in [0.25, 0.3) is 22.4 Å². The number of thiophene rings is 1. The Labute approximate surface area is 161 Å². The summed E-state index contributed by atoms with van der Waals surface area (Å²) in [6.45, 7) is 9.68. The Kier molecular flexibility index (Phi) is 3.84. The van der Waals surface area contributed by atoms with Gasteiger partial charge in [0, 0.05) is 41.5 Å². The van der Waals surface area contributed by atoms with Crippen molar-refractivity contribution in [3.63, 3.8) is 0 Å². The van der Waals surface area contributed by atoms with E-state index >= 15 is 0 Å². The summed E-state index contributed by atoms with van der Waals surface area (Å²) in [4.78, 5) is 22.5. The molecule has 3 aromatic rings. The van der Waals surface area contributed by atoms with Gasteiger partial charge < -0.3 is 14.7 Å². The van der Waals surface area contributed by atoms with Gasteiger partial charge in [-0.25, -0.2) is 4.98 Å². The maximum atomic E-state index is 13.4. The highest BCUT2D eigenvalue weighted by Crippen LogP contribution is 2.34. The molecule has 0 aromatic carbocycles. The smallest absolute Gasteiger partial charge is 0.259 e. The minimum Gasteiger partial charge on any atom is -0.338 e. The molecule has 5 rings (SSSR count). The molecule has 5 heterocycles. The predicted molar refractivity (Wildman–Crippen MR) is 105 cm³/mol. The fraction of sp³-hybridized carbons (Fsp3) is 0.450. The second-order valence-corrected chi connectivity index (χ2v) is 9.18. The number of nitrogens with one attached hydrogen (secondary N) is 1. The number of hydrogen-bond acceptors (Lipinski definition) is 6. The summed E-state index contributed by atoms with van der Waals surface area (Å²) in [6.07, 6.45) is 0. The van der Waals surface area contributed by atoms with Crippen LogP contribution in [0.5, 0.6) is 0 Å². The summed E-state index contributed by atoms with van der Waals surface area (Å²) < 4.78 is 5.45. The lowest BCUT2D eigenvalue weighted by Crippen LogP contribution is -2.32. The standard InChI is InChI=1S/C20H22N4O2S/c1-10-4-15(12(3)27-10)17-5-16(18-11(2)23-26-19(18)22-17)20(25)24-8-13-6-21-7-14(13)9-24/h4-5,13-14,21H,6-9H2,1-3H3/t13-,14+. The number of hydrogen-bond donors (Lipinski definition) is 1. The first-order valence-corrected chi connectivity index (χ1v) is 10.2. The number of pyridine rings is 1. The Morgan fingerprint density at radius 2 is 1.96 bits per heavy atom. The number of nitrogens with zero attached hydrogens (tertiary/aromatic N) is 3. The van der Waals surface area contributed by atoms with Gasteiger partial charge in [0.25, 0.3) is 11.6 Å². The molecular formula is C20H22N4O2S. The predicted octanol–water partition coefficient (Wildman–Crippen LogP) is 3.17. The number of aromatic nitrogens is 2. The first kappa shape index (κ1) is 16.9. The van der Waals surface area contributed by atoms with Gasteiger partial charge in [-0.1, -0.05) is 5.16 Å². The normalized spacial score (nSPS) is 22.0. The van der Waals surface area contributed by atoms with Crippen LogP contribution >= 0.6 is 11.3 Å². The fourth-order valence-corrected chi connectivity index (χ4v) is 5.41. The molecule has 3 aromatic heterocycles. The molecule has 2 aliphatic heterocycles. The number of carbonyl (C=O) groups excluding carboxylic acids is 1. The molecule has 0 bridgehead atoms. The van der Waals surface area contributed by atoms with Crippen molar-refractivity contribution in [2.45, 2.75) is 20.8 Å². The summed E-state index contributed by atoms with van der Waals surface area (Å²) in [5, 5.41) is 8.23. The molecule has 27 heavy (non-hydrogen) atoms. The second kappa shape index (κ2) is 6.14. The summed E-state index contributed by atoms with van der Waals surface area (Å²) in [7, 11) is 0. The van der Waals surface area contributed by atoms with Crippen LogP contribution in [-0.4, -0.2) is 47.1 Å². The number of likely N-dealkylation sites (tertiary alicyclic amines) is 1. The van der Waals surface area contributed by atoms with Crippen molar-refractivity contribution in [1.29, 1.82) is 0 Å². The molecule has 1 N–H and O–H groups in total. The number of fused-ring (bicyclic) bond motifs is 2. The molecule has 1 amide bonds. The van der Waals surface area contributed by atoms with Crippen molar-refractivity contribution in [2.75, 3.05) is 26.2 Å². The zero-order chi connectivity index (χ0) is 18.7. The van der Waals surface area contributed by atoms with Crippen molar-refractivity contribution < 1.29 is 9.32 Å². The quantitative estimate of drug-likeness (QED) is 0.737. The molecule has 7 heteroatoms. The van der Waals surface area contributed by atoms with Gasteiger partial charge in [-0.05, 0) is 44.7 Å². The topological polar surface area (TPSA) is 71.3 Å². The van der Waals surface area contributed by atoms with E-state index in [1.165, 1.54) is 9.75 Å². The lowest BCUT2D eigenvalue weighted by atomic mass is 10.0. The van der Waals surface area contributed by atoms with Crippen LogP contribution in [0.2, 0.25) is 0 Å². The van der Waals surface area contributed by atoms with Gasteiger partial charge in [-0.15, -0.1) is 11.3 Å². The van der Waals surface area contributed by atoms with Gasteiger partial charge in [0.1, 0.15) is 0 Å². The highest BCUT2D eigenvalue weighted by molar-refractivity contribution is 7.12. The summed E-state index contributed by atoms with van der Waals surface area (Å²) >= 11 is 1.74. The maximum absolute atomic E-state index is 13.4.